The number of carbonyl (C=O) groups excluding carboxylic acids is 2. The minimum Gasteiger partial charge on any atom is -0.366 e. The van der Waals surface area contributed by atoms with E-state index in [-0.39, 0.29) is 12.1 Å². The van der Waals surface area contributed by atoms with Gasteiger partial charge in [0.2, 0.25) is 5.91 Å². The highest BCUT2D eigenvalue weighted by Crippen LogP contribution is 2.26. The lowest BCUT2D eigenvalue weighted by Crippen LogP contribution is -2.33. The number of anilines is 1. The predicted octanol–water partition coefficient (Wildman–Crippen LogP) is 3.66. The lowest BCUT2D eigenvalue weighted by atomic mass is 10.1. The zero-order valence-corrected chi connectivity index (χ0v) is 13.7. The Labute approximate surface area is 140 Å². The van der Waals surface area contributed by atoms with E-state index in [1.165, 1.54) is 11.0 Å². The number of carbonyl (C=O) groups is 2. The van der Waals surface area contributed by atoms with Crippen LogP contribution in [0.15, 0.2) is 48.5 Å². The zero-order valence-electron chi connectivity index (χ0n) is 12.9. The second kappa shape index (κ2) is 7.15. The topological polar surface area (TPSA) is 75.4 Å². The van der Waals surface area contributed by atoms with Gasteiger partial charge in [-0.05, 0) is 36.8 Å². The minimum atomic E-state index is -0.543. The number of rotatable bonds is 4. The van der Waals surface area contributed by atoms with Gasteiger partial charge < -0.3 is 16.0 Å². The van der Waals surface area contributed by atoms with Crippen LogP contribution in [0.3, 0.4) is 0 Å². The Morgan fingerprint density at radius 2 is 1.87 bits per heavy atom. The Balaban J connectivity index is 2.12. The van der Waals surface area contributed by atoms with Gasteiger partial charge in [0.15, 0.2) is 0 Å². The molecule has 0 radical (unpaired) electrons. The molecule has 0 heterocycles. The summed E-state index contributed by atoms with van der Waals surface area (Å²) in [5, 5.41) is 3.35. The Hall–Kier alpha value is -2.53. The molecule has 23 heavy (non-hydrogen) atoms. The van der Waals surface area contributed by atoms with Crippen molar-refractivity contribution in [2.75, 3.05) is 12.4 Å². The first-order valence-electron chi connectivity index (χ1n) is 7.08. The molecule has 0 saturated heterocycles. The molecule has 0 bridgehead atoms. The Morgan fingerprint density at radius 1 is 1.17 bits per heavy atom. The highest BCUT2D eigenvalue weighted by molar-refractivity contribution is 6.31. The van der Waals surface area contributed by atoms with Crippen LogP contribution in [0.4, 0.5) is 10.5 Å². The number of hydrogen-bond acceptors (Lipinski definition) is 2. The summed E-state index contributed by atoms with van der Waals surface area (Å²) in [4.78, 5) is 25.1. The number of nitrogens with one attached hydrogen (secondary N) is 1. The maximum absolute atomic E-state index is 12.4. The highest BCUT2D eigenvalue weighted by Gasteiger charge is 2.19. The van der Waals surface area contributed by atoms with Gasteiger partial charge in [0.1, 0.15) is 0 Å². The standard InChI is InChI=1S/C17H18ClN3O2/c1-11(14-8-3-4-9-15(14)18)21(2)17(23)20-13-7-5-6-12(10-13)16(19)22/h3-11H,1-2H3,(H2,19,22)(H,20,23)/t11-/m1/s1. The lowest BCUT2D eigenvalue weighted by molar-refractivity contribution is 0.1000. The van der Waals surface area contributed by atoms with Crippen molar-refractivity contribution < 1.29 is 9.59 Å². The first kappa shape index (κ1) is 16.8. The molecule has 0 saturated carbocycles. The fourth-order valence-electron chi connectivity index (χ4n) is 2.16. The number of benzene rings is 2. The van der Waals surface area contributed by atoms with Crippen molar-refractivity contribution in [2.45, 2.75) is 13.0 Å². The quantitative estimate of drug-likeness (QED) is 0.897. The van der Waals surface area contributed by atoms with E-state index in [9.17, 15) is 9.59 Å². The third-order valence-corrected chi connectivity index (χ3v) is 4.00. The molecule has 2 rings (SSSR count). The Bertz CT molecular complexity index is 733. The molecular weight excluding hydrogens is 314 g/mol. The molecule has 2 aromatic rings. The van der Waals surface area contributed by atoms with Crippen LogP contribution < -0.4 is 11.1 Å². The van der Waals surface area contributed by atoms with Crippen molar-refractivity contribution >= 4 is 29.2 Å². The molecule has 6 heteroatoms. The average Bonchev–Trinajstić information content (AvgIpc) is 2.54. The van der Waals surface area contributed by atoms with Crippen LogP contribution in [0.1, 0.15) is 28.9 Å². The van der Waals surface area contributed by atoms with Gasteiger partial charge in [-0.1, -0.05) is 35.9 Å². The van der Waals surface area contributed by atoms with E-state index in [1.54, 1.807) is 31.3 Å². The molecule has 3 N–H and O–H groups in total. The molecule has 1 atom stereocenters. The monoisotopic (exact) mass is 331 g/mol. The summed E-state index contributed by atoms with van der Waals surface area (Å²) < 4.78 is 0. The van der Waals surface area contributed by atoms with Gasteiger partial charge in [0.25, 0.3) is 0 Å². The first-order valence-corrected chi connectivity index (χ1v) is 7.46. The number of amides is 3. The molecule has 0 aliphatic heterocycles. The summed E-state index contributed by atoms with van der Waals surface area (Å²) in [5.74, 6) is -0.543. The Morgan fingerprint density at radius 3 is 2.52 bits per heavy atom. The van der Waals surface area contributed by atoms with E-state index in [0.717, 1.165) is 5.56 Å². The number of halogens is 1. The highest BCUT2D eigenvalue weighted by atomic mass is 35.5. The van der Waals surface area contributed by atoms with E-state index in [1.807, 2.05) is 25.1 Å². The second-order valence-corrected chi connectivity index (χ2v) is 5.59. The fourth-order valence-corrected chi connectivity index (χ4v) is 2.45. The van der Waals surface area contributed by atoms with Gasteiger partial charge >= 0.3 is 6.03 Å². The van der Waals surface area contributed by atoms with Crippen molar-refractivity contribution in [1.29, 1.82) is 0 Å². The second-order valence-electron chi connectivity index (χ2n) is 5.18. The van der Waals surface area contributed by atoms with Crippen LogP contribution in [-0.2, 0) is 0 Å². The molecule has 0 aromatic heterocycles. The SMILES string of the molecule is C[C@H](c1ccccc1Cl)N(C)C(=O)Nc1cccc(C(N)=O)c1. The normalized spacial score (nSPS) is 11.6. The van der Waals surface area contributed by atoms with E-state index in [0.29, 0.717) is 16.3 Å². The van der Waals surface area contributed by atoms with Crippen molar-refractivity contribution in [3.8, 4) is 0 Å². The molecule has 0 unspecified atom stereocenters. The third-order valence-electron chi connectivity index (χ3n) is 3.65. The van der Waals surface area contributed by atoms with Crippen molar-refractivity contribution in [2.24, 2.45) is 5.73 Å². The average molecular weight is 332 g/mol. The van der Waals surface area contributed by atoms with E-state index >= 15 is 0 Å². The number of primary amides is 1. The molecule has 0 spiro atoms. The summed E-state index contributed by atoms with van der Waals surface area (Å²) in [5.41, 5.74) is 6.94. The Kier molecular flexibility index (Phi) is 5.24. The van der Waals surface area contributed by atoms with Gasteiger partial charge in [-0.2, -0.15) is 0 Å². The van der Waals surface area contributed by atoms with Crippen LogP contribution >= 0.6 is 11.6 Å². The molecule has 3 amide bonds. The number of urea groups is 1. The molecule has 5 nitrogen and oxygen atoms in total. The van der Waals surface area contributed by atoms with Crippen molar-refractivity contribution in [1.82, 2.24) is 4.90 Å². The van der Waals surface area contributed by atoms with Crippen LogP contribution in [0.5, 0.6) is 0 Å². The first-order chi connectivity index (χ1) is 10.9. The summed E-state index contributed by atoms with van der Waals surface area (Å²) in [7, 11) is 1.68. The summed E-state index contributed by atoms with van der Waals surface area (Å²) in [6, 6.07) is 13.4. The van der Waals surface area contributed by atoms with Gasteiger partial charge in [-0.3, -0.25) is 4.79 Å². The van der Waals surface area contributed by atoms with Crippen molar-refractivity contribution in [3.63, 3.8) is 0 Å². The number of nitrogens with zero attached hydrogens (tertiary/aromatic N) is 1. The lowest BCUT2D eigenvalue weighted by Gasteiger charge is -2.26. The van der Waals surface area contributed by atoms with E-state index < -0.39 is 5.91 Å². The van der Waals surface area contributed by atoms with Crippen LogP contribution in [0, 0.1) is 0 Å². The van der Waals surface area contributed by atoms with Crippen LogP contribution in [-0.4, -0.2) is 23.9 Å². The molecule has 120 valence electrons. The van der Waals surface area contributed by atoms with Crippen LogP contribution in [0.25, 0.3) is 0 Å². The van der Waals surface area contributed by atoms with Gasteiger partial charge in [-0.25, -0.2) is 4.79 Å². The zero-order chi connectivity index (χ0) is 17.0. The summed E-state index contributed by atoms with van der Waals surface area (Å²) in [6.07, 6.45) is 0. The third kappa shape index (κ3) is 4.02. The smallest absolute Gasteiger partial charge is 0.322 e. The van der Waals surface area contributed by atoms with Crippen LogP contribution in [0.2, 0.25) is 5.02 Å². The van der Waals surface area contributed by atoms with Crippen molar-refractivity contribution in [3.05, 3.63) is 64.7 Å². The minimum absolute atomic E-state index is 0.206. The number of hydrogen-bond donors (Lipinski definition) is 2. The van der Waals surface area contributed by atoms with Gasteiger partial charge in [0.05, 0.1) is 6.04 Å². The summed E-state index contributed by atoms with van der Waals surface area (Å²) in [6.45, 7) is 1.89. The van der Waals surface area contributed by atoms with E-state index in [2.05, 4.69) is 5.32 Å². The number of nitrogens with two attached hydrogens (primary N) is 1. The largest absolute Gasteiger partial charge is 0.366 e. The maximum Gasteiger partial charge on any atom is 0.322 e. The predicted molar refractivity (Wildman–Crippen MR) is 91.6 cm³/mol. The van der Waals surface area contributed by atoms with Gasteiger partial charge in [0, 0.05) is 23.3 Å². The molecular formula is C17H18ClN3O2. The maximum atomic E-state index is 12.4. The fraction of sp³-hybridized carbons (Fsp3) is 0.176. The summed E-state index contributed by atoms with van der Waals surface area (Å²) >= 11 is 6.17. The molecule has 0 fully saturated rings. The molecule has 0 aliphatic rings. The van der Waals surface area contributed by atoms with E-state index in [4.69, 9.17) is 17.3 Å². The molecule has 2 aromatic carbocycles. The molecule has 0 aliphatic carbocycles. The van der Waals surface area contributed by atoms with Gasteiger partial charge in [-0.15, -0.1) is 0 Å².